The van der Waals surface area contributed by atoms with Gasteiger partial charge in [-0.3, -0.25) is 19.5 Å². The molecule has 0 spiro atoms. The van der Waals surface area contributed by atoms with E-state index in [0.717, 1.165) is 41.0 Å². The van der Waals surface area contributed by atoms with Crippen molar-refractivity contribution in [2.75, 3.05) is 18.9 Å². The van der Waals surface area contributed by atoms with Crippen LogP contribution >= 0.6 is 0 Å². The zero-order valence-corrected chi connectivity index (χ0v) is 19.0. The summed E-state index contributed by atoms with van der Waals surface area (Å²) in [4.78, 5) is 11.4. The maximum atomic E-state index is 11.4. The van der Waals surface area contributed by atoms with Crippen molar-refractivity contribution < 1.29 is 9.90 Å². The lowest BCUT2D eigenvalue weighted by molar-refractivity contribution is -0.136. The van der Waals surface area contributed by atoms with Gasteiger partial charge in [0, 0.05) is 43.7 Å². The van der Waals surface area contributed by atoms with Gasteiger partial charge >= 0.3 is 5.97 Å². The van der Waals surface area contributed by atoms with Crippen LogP contribution in [0.2, 0.25) is 0 Å². The van der Waals surface area contributed by atoms with Crippen molar-refractivity contribution in [2.24, 2.45) is 7.05 Å². The Morgan fingerprint density at radius 1 is 1.21 bits per heavy atom. The topological polar surface area (TPSA) is 85.7 Å². The lowest BCUT2D eigenvalue weighted by Gasteiger charge is -2.24. The fourth-order valence-electron chi connectivity index (χ4n) is 4.71. The van der Waals surface area contributed by atoms with Gasteiger partial charge in [-0.2, -0.15) is 5.10 Å². The molecule has 2 aliphatic heterocycles. The Morgan fingerprint density at radius 2 is 2.03 bits per heavy atom. The number of rotatable bonds is 5. The van der Waals surface area contributed by atoms with E-state index in [0.29, 0.717) is 0 Å². The number of aromatic nitrogens is 2. The van der Waals surface area contributed by atoms with Gasteiger partial charge in [0.05, 0.1) is 30.1 Å². The monoisotopic (exact) mass is 444 g/mol. The van der Waals surface area contributed by atoms with Crippen LogP contribution in [0.5, 0.6) is 0 Å². The SMILES string of the molecule is CC1=C2c3ccc(-c4cnn(C)c4)cc3C(Nc3ccccc3CC(=O)O)CCN2NN1C. The van der Waals surface area contributed by atoms with Crippen molar-refractivity contribution in [1.29, 1.82) is 0 Å². The largest absolute Gasteiger partial charge is 0.481 e. The van der Waals surface area contributed by atoms with E-state index in [1.54, 1.807) is 0 Å². The average molecular weight is 445 g/mol. The minimum absolute atomic E-state index is 0.0127. The molecule has 170 valence electrons. The molecule has 1 atom stereocenters. The number of aliphatic carboxylic acids is 1. The number of anilines is 1. The van der Waals surface area contributed by atoms with Crippen LogP contribution in [0.1, 0.15) is 36.1 Å². The molecule has 0 saturated heterocycles. The van der Waals surface area contributed by atoms with Crippen LogP contribution in [-0.4, -0.2) is 44.5 Å². The zero-order valence-electron chi connectivity index (χ0n) is 19.0. The number of carboxylic acids is 1. The highest BCUT2D eigenvalue weighted by atomic mass is 16.4. The molecule has 0 radical (unpaired) electrons. The van der Waals surface area contributed by atoms with Crippen LogP contribution in [0.4, 0.5) is 5.69 Å². The fraction of sp³-hybridized carbons (Fsp3) is 0.280. The van der Waals surface area contributed by atoms with E-state index in [1.807, 2.05) is 60.4 Å². The molecule has 5 rings (SSSR count). The van der Waals surface area contributed by atoms with Gasteiger partial charge < -0.3 is 10.4 Å². The van der Waals surface area contributed by atoms with Crippen LogP contribution in [-0.2, 0) is 18.3 Å². The number of hydrogen-bond acceptors (Lipinski definition) is 6. The third kappa shape index (κ3) is 3.93. The third-order valence-electron chi connectivity index (χ3n) is 6.44. The summed E-state index contributed by atoms with van der Waals surface area (Å²) >= 11 is 0. The predicted molar refractivity (Wildman–Crippen MR) is 128 cm³/mol. The second kappa shape index (κ2) is 8.29. The quantitative estimate of drug-likeness (QED) is 0.554. The summed E-state index contributed by atoms with van der Waals surface area (Å²) in [6, 6.07) is 14.3. The van der Waals surface area contributed by atoms with E-state index >= 15 is 0 Å². The molecule has 0 fully saturated rings. The van der Waals surface area contributed by atoms with Crippen molar-refractivity contribution in [1.82, 2.24) is 25.3 Å². The Bertz CT molecular complexity index is 1250. The lowest BCUT2D eigenvalue weighted by atomic mass is 9.93. The summed E-state index contributed by atoms with van der Waals surface area (Å²) in [5.41, 5.74) is 12.0. The smallest absolute Gasteiger partial charge is 0.307 e. The van der Waals surface area contributed by atoms with Crippen LogP contribution in [0.3, 0.4) is 0 Å². The number of para-hydroxylation sites is 1. The van der Waals surface area contributed by atoms with Crippen molar-refractivity contribution >= 4 is 17.4 Å². The number of hydrogen-bond donors (Lipinski definition) is 3. The highest BCUT2D eigenvalue weighted by Gasteiger charge is 2.32. The second-order valence-electron chi connectivity index (χ2n) is 8.66. The van der Waals surface area contributed by atoms with E-state index in [2.05, 4.69) is 46.1 Å². The first-order chi connectivity index (χ1) is 15.9. The summed E-state index contributed by atoms with van der Waals surface area (Å²) in [5, 5.41) is 21.6. The number of allylic oxidation sites excluding steroid dienone is 1. The molecule has 2 aliphatic rings. The second-order valence-corrected chi connectivity index (χ2v) is 8.66. The minimum Gasteiger partial charge on any atom is -0.481 e. The van der Waals surface area contributed by atoms with Crippen LogP contribution < -0.4 is 10.9 Å². The van der Waals surface area contributed by atoms with Gasteiger partial charge in [-0.25, -0.2) is 0 Å². The molecule has 0 saturated carbocycles. The summed E-state index contributed by atoms with van der Waals surface area (Å²) in [7, 11) is 3.95. The molecule has 1 aromatic heterocycles. The molecule has 0 bridgehead atoms. The molecule has 0 aliphatic carbocycles. The van der Waals surface area contributed by atoms with E-state index in [-0.39, 0.29) is 12.5 Å². The van der Waals surface area contributed by atoms with E-state index < -0.39 is 5.97 Å². The first-order valence-corrected chi connectivity index (χ1v) is 11.1. The molecule has 3 heterocycles. The van der Waals surface area contributed by atoms with Gasteiger partial charge in [-0.05, 0) is 42.2 Å². The van der Waals surface area contributed by atoms with Crippen LogP contribution in [0.15, 0.2) is 60.6 Å². The average Bonchev–Trinajstić information content (AvgIpc) is 3.30. The summed E-state index contributed by atoms with van der Waals surface area (Å²) < 4.78 is 1.81. The highest BCUT2D eigenvalue weighted by Crippen LogP contribution is 2.40. The molecule has 8 heteroatoms. The maximum absolute atomic E-state index is 11.4. The highest BCUT2D eigenvalue weighted by molar-refractivity contribution is 5.77. The molecule has 33 heavy (non-hydrogen) atoms. The third-order valence-corrected chi connectivity index (χ3v) is 6.44. The number of fused-ring (bicyclic) bond motifs is 3. The normalized spacial score (nSPS) is 17.6. The number of nitrogens with zero attached hydrogens (tertiary/aromatic N) is 4. The fourth-order valence-corrected chi connectivity index (χ4v) is 4.71. The predicted octanol–water partition coefficient (Wildman–Crippen LogP) is 3.63. The number of carboxylic acid groups (broad SMARTS) is 1. The summed E-state index contributed by atoms with van der Waals surface area (Å²) in [6.45, 7) is 2.93. The minimum atomic E-state index is -0.835. The van der Waals surface area contributed by atoms with Gasteiger partial charge in [0.2, 0.25) is 0 Å². The van der Waals surface area contributed by atoms with Crippen LogP contribution in [0.25, 0.3) is 16.8 Å². The Hall–Kier alpha value is -3.78. The van der Waals surface area contributed by atoms with Gasteiger partial charge in [0.1, 0.15) is 0 Å². The van der Waals surface area contributed by atoms with Gasteiger partial charge in [0.15, 0.2) is 0 Å². The molecular formula is C25H28N6O2. The number of nitrogens with one attached hydrogen (secondary N) is 2. The molecule has 0 amide bonds. The van der Waals surface area contributed by atoms with Gasteiger partial charge in [-0.15, -0.1) is 5.53 Å². The number of hydrazine groups is 2. The van der Waals surface area contributed by atoms with Crippen molar-refractivity contribution in [3.63, 3.8) is 0 Å². The Morgan fingerprint density at radius 3 is 2.79 bits per heavy atom. The van der Waals surface area contributed by atoms with E-state index in [4.69, 9.17) is 0 Å². The standard InChI is InChI=1S/C25H28N6O2/c1-16-25-20-9-8-17(19-14-26-29(2)15-19)12-21(20)23(10-11-31(25)28-30(16)3)27-22-7-5-4-6-18(22)13-24(32)33/h4-9,12,14-15,23,27-28H,10-11,13H2,1-3H3,(H,32,33). The van der Waals surface area contributed by atoms with Gasteiger partial charge in [0.25, 0.3) is 0 Å². The first kappa shape index (κ1) is 21.1. The number of aryl methyl sites for hydroxylation is 1. The Kier molecular flexibility index (Phi) is 5.30. The number of carbonyl (C=O) groups is 1. The van der Waals surface area contributed by atoms with Crippen molar-refractivity contribution in [3.8, 4) is 11.1 Å². The van der Waals surface area contributed by atoms with Crippen LogP contribution in [0, 0.1) is 0 Å². The molecular weight excluding hydrogens is 416 g/mol. The maximum Gasteiger partial charge on any atom is 0.307 e. The molecule has 3 N–H and O–H groups in total. The first-order valence-electron chi connectivity index (χ1n) is 11.1. The molecule has 2 aromatic carbocycles. The Balaban J connectivity index is 1.61. The molecule has 8 nitrogen and oxygen atoms in total. The lowest BCUT2D eigenvalue weighted by Crippen LogP contribution is -2.39. The zero-order chi connectivity index (χ0) is 23.1. The molecule has 1 unspecified atom stereocenters. The molecule has 3 aromatic rings. The summed E-state index contributed by atoms with van der Waals surface area (Å²) in [5.74, 6) is -0.835. The van der Waals surface area contributed by atoms with Crippen molar-refractivity contribution in [3.05, 3.63) is 77.2 Å². The van der Waals surface area contributed by atoms with Crippen molar-refractivity contribution in [2.45, 2.75) is 25.8 Å². The Labute approximate surface area is 193 Å². The van der Waals surface area contributed by atoms with E-state index in [9.17, 15) is 9.90 Å². The summed E-state index contributed by atoms with van der Waals surface area (Å²) in [6.07, 6.45) is 4.74. The van der Waals surface area contributed by atoms with Gasteiger partial charge in [-0.1, -0.05) is 30.3 Å². The number of benzene rings is 2. The van der Waals surface area contributed by atoms with E-state index in [1.165, 1.54) is 16.8 Å².